The lowest BCUT2D eigenvalue weighted by molar-refractivity contribution is 0.0987. The number of rotatable bonds is 6. The molecule has 4 rings (SSSR count). The Hall–Kier alpha value is -3.40. The number of Topliss-reactive ketones (excluding diaryl/α,β-unsaturated/α-hetero) is 1. The van der Waals surface area contributed by atoms with Gasteiger partial charge in [0.15, 0.2) is 5.78 Å². The van der Waals surface area contributed by atoms with Gasteiger partial charge in [0.05, 0.1) is 11.7 Å². The van der Waals surface area contributed by atoms with Crippen molar-refractivity contribution in [1.29, 1.82) is 0 Å². The van der Waals surface area contributed by atoms with Crippen LogP contribution in [0.3, 0.4) is 0 Å². The van der Waals surface area contributed by atoms with Crippen LogP contribution in [0.15, 0.2) is 35.5 Å². The van der Waals surface area contributed by atoms with Crippen molar-refractivity contribution in [2.45, 2.75) is 45.3 Å². The fraction of sp³-hybridized carbons (Fsp3) is 0.375. The fourth-order valence-electron chi connectivity index (χ4n) is 4.10. The summed E-state index contributed by atoms with van der Waals surface area (Å²) in [4.78, 5) is 21.6. The van der Waals surface area contributed by atoms with E-state index >= 15 is 0 Å². The average Bonchev–Trinajstić information content (AvgIpc) is 3.50. The second-order valence-electron chi connectivity index (χ2n) is 8.06. The number of ether oxygens (including phenoxy) is 2. The number of amidine groups is 1. The van der Waals surface area contributed by atoms with Crippen molar-refractivity contribution in [3.05, 3.63) is 58.7 Å². The molecule has 6 nitrogen and oxygen atoms in total. The smallest absolute Gasteiger partial charge is 0.283 e. The van der Waals surface area contributed by atoms with Gasteiger partial charge in [-0.05, 0) is 56.5 Å². The Morgan fingerprint density at radius 3 is 2.97 bits per heavy atom. The molecule has 0 spiro atoms. The molecule has 0 amide bonds. The first kappa shape index (κ1) is 20.9. The third kappa shape index (κ3) is 4.11. The van der Waals surface area contributed by atoms with Gasteiger partial charge in [0.1, 0.15) is 30.0 Å². The molecule has 2 aliphatic rings. The predicted octanol–water partition coefficient (Wildman–Crippen LogP) is 3.31. The predicted molar refractivity (Wildman–Crippen MR) is 114 cm³/mol. The van der Waals surface area contributed by atoms with Gasteiger partial charge in [0.2, 0.25) is 0 Å². The standard InChI is InChI=1S/C24H24FN3O3/c1-4-5-8-30-16-9-14(2)22(27-13-16)20(29)11-15-6-7-19(25)17(10-15)24(3)18-12-21(18)31-23(26)28-24/h6-7,9-10,13,18,21H,8,11-12H2,1-3H3,(H2,26,28)/t18-,21+,24+/m0/s1. The van der Waals surface area contributed by atoms with Crippen molar-refractivity contribution in [2.24, 2.45) is 16.6 Å². The highest BCUT2D eigenvalue weighted by atomic mass is 19.1. The molecule has 1 aromatic carbocycles. The number of hydrogen-bond acceptors (Lipinski definition) is 6. The van der Waals surface area contributed by atoms with E-state index in [4.69, 9.17) is 15.2 Å². The summed E-state index contributed by atoms with van der Waals surface area (Å²) in [6.07, 6.45) is 2.37. The van der Waals surface area contributed by atoms with Crippen LogP contribution in [-0.4, -0.2) is 29.5 Å². The number of hydrogen-bond donors (Lipinski definition) is 1. The lowest BCUT2D eigenvalue weighted by Crippen LogP contribution is -2.35. The van der Waals surface area contributed by atoms with Crippen molar-refractivity contribution >= 4 is 11.8 Å². The van der Waals surface area contributed by atoms with Gasteiger partial charge in [-0.1, -0.05) is 12.0 Å². The summed E-state index contributed by atoms with van der Waals surface area (Å²) in [5, 5.41) is 0. The molecule has 1 aromatic heterocycles. The van der Waals surface area contributed by atoms with Crippen molar-refractivity contribution < 1.29 is 18.7 Å². The van der Waals surface area contributed by atoms with Gasteiger partial charge in [-0.3, -0.25) is 4.79 Å². The topological polar surface area (TPSA) is 86.8 Å². The number of benzene rings is 1. The molecule has 2 N–H and O–H groups in total. The first-order valence-electron chi connectivity index (χ1n) is 10.1. The van der Waals surface area contributed by atoms with E-state index in [1.807, 2.05) is 13.8 Å². The van der Waals surface area contributed by atoms with Crippen LogP contribution in [0.25, 0.3) is 0 Å². The summed E-state index contributed by atoms with van der Waals surface area (Å²) in [6, 6.07) is 6.55. The number of nitrogens with two attached hydrogens (primary N) is 1. The summed E-state index contributed by atoms with van der Waals surface area (Å²) in [5.74, 6) is 5.68. The third-order valence-corrected chi connectivity index (χ3v) is 5.81. The molecular weight excluding hydrogens is 397 g/mol. The minimum atomic E-state index is -0.801. The van der Waals surface area contributed by atoms with Gasteiger partial charge in [-0.2, -0.15) is 0 Å². The number of halogens is 1. The summed E-state index contributed by atoms with van der Waals surface area (Å²) in [7, 11) is 0. The van der Waals surface area contributed by atoms with Crippen LogP contribution in [0.4, 0.5) is 4.39 Å². The monoisotopic (exact) mass is 421 g/mol. The van der Waals surface area contributed by atoms with E-state index in [1.165, 1.54) is 12.3 Å². The van der Waals surface area contributed by atoms with Gasteiger partial charge in [-0.25, -0.2) is 14.4 Å². The van der Waals surface area contributed by atoms with Gasteiger partial charge in [0, 0.05) is 17.9 Å². The molecule has 2 aromatic rings. The van der Waals surface area contributed by atoms with Crippen LogP contribution in [0, 0.1) is 30.5 Å². The van der Waals surface area contributed by atoms with Crippen molar-refractivity contribution in [2.75, 3.05) is 6.61 Å². The maximum Gasteiger partial charge on any atom is 0.283 e. The molecule has 0 bridgehead atoms. The number of nitrogens with zero attached hydrogens (tertiary/aromatic N) is 2. The highest BCUT2D eigenvalue weighted by Crippen LogP contribution is 2.53. The first-order valence-corrected chi connectivity index (χ1v) is 10.1. The van der Waals surface area contributed by atoms with Crippen molar-refractivity contribution in [1.82, 2.24) is 4.98 Å². The molecular formula is C24H24FN3O3. The van der Waals surface area contributed by atoms with Crippen LogP contribution >= 0.6 is 0 Å². The minimum Gasteiger partial charge on any atom is -0.479 e. The second kappa shape index (κ2) is 8.03. The lowest BCUT2D eigenvalue weighted by atomic mass is 9.85. The van der Waals surface area contributed by atoms with Gasteiger partial charge in [-0.15, -0.1) is 5.92 Å². The summed E-state index contributed by atoms with van der Waals surface area (Å²) >= 11 is 0. The maximum atomic E-state index is 14.7. The number of pyridine rings is 1. The Bertz CT molecular complexity index is 1130. The average molecular weight is 421 g/mol. The maximum absolute atomic E-state index is 14.7. The quantitative estimate of drug-likeness (QED) is 0.571. The molecule has 3 atom stereocenters. The zero-order chi connectivity index (χ0) is 22.2. The molecule has 2 heterocycles. The van der Waals surface area contributed by atoms with Crippen LogP contribution in [0.2, 0.25) is 0 Å². The van der Waals surface area contributed by atoms with Gasteiger partial charge < -0.3 is 15.2 Å². The van der Waals surface area contributed by atoms with E-state index in [0.29, 0.717) is 28.1 Å². The van der Waals surface area contributed by atoms with E-state index < -0.39 is 5.54 Å². The van der Waals surface area contributed by atoms with Crippen LogP contribution in [0.5, 0.6) is 5.75 Å². The summed E-state index contributed by atoms with van der Waals surface area (Å²) < 4.78 is 25.7. The molecule has 1 saturated carbocycles. The van der Waals surface area contributed by atoms with Gasteiger partial charge in [0.25, 0.3) is 6.02 Å². The number of aromatic nitrogens is 1. The largest absolute Gasteiger partial charge is 0.479 e. The van der Waals surface area contributed by atoms with E-state index in [0.717, 1.165) is 6.42 Å². The molecule has 1 aliphatic carbocycles. The number of carbonyl (C=O) groups excluding carboxylic acids is 1. The molecule has 0 unspecified atom stereocenters. The van der Waals surface area contributed by atoms with Crippen molar-refractivity contribution in [3.8, 4) is 17.6 Å². The second-order valence-corrected chi connectivity index (χ2v) is 8.06. The highest BCUT2D eigenvalue weighted by molar-refractivity contribution is 5.97. The Kier molecular flexibility index (Phi) is 5.40. The lowest BCUT2D eigenvalue weighted by Gasteiger charge is -2.30. The van der Waals surface area contributed by atoms with Crippen LogP contribution < -0.4 is 10.5 Å². The number of carbonyl (C=O) groups is 1. The molecule has 0 saturated heterocycles. The Labute approximate surface area is 180 Å². The fourth-order valence-corrected chi connectivity index (χ4v) is 4.10. The van der Waals surface area contributed by atoms with E-state index in [9.17, 15) is 9.18 Å². The summed E-state index contributed by atoms with van der Waals surface area (Å²) in [6.45, 7) is 5.68. The first-order chi connectivity index (χ1) is 14.8. The summed E-state index contributed by atoms with van der Waals surface area (Å²) in [5.41, 5.74) is 7.20. The molecule has 0 radical (unpaired) electrons. The molecule has 1 aliphatic heterocycles. The molecule has 160 valence electrons. The zero-order valence-electron chi connectivity index (χ0n) is 17.7. The van der Waals surface area contributed by atoms with Crippen LogP contribution in [-0.2, 0) is 16.7 Å². The zero-order valence-corrected chi connectivity index (χ0v) is 17.7. The Balaban J connectivity index is 1.55. The minimum absolute atomic E-state index is 0.0249. The number of ketones is 1. The third-order valence-electron chi connectivity index (χ3n) is 5.81. The van der Waals surface area contributed by atoms with Crippen molar-refractivity contribution in [3.63, 3.8) is 0 Å². The highest BCUT2D eigenvalue weighted by Gasteiger charge is 2.57. The van der Waals surface area contributed by atoms with E-state index in [2.05, 4.69) is 21.8 Å². The molecule has 31 heavy (non-hydrogen) atoms. The number of aryl methyl sites for hydroxylation is 1. The van der Waals surface area contributed by atoms with E-state index in [-0.39, 0.29) is 42.7 Å². The normalized spacial score (nSPS) is 23.5. The van der Waals surface area contributed by atoms with Gasteiger partial charge >= 0.3 is 0 Å². The Morgan fingerprint density at radius 2 is 2.23 bits per heavy atom. The van der Waals surface area contributed by atoms with E-state index in [1.54, 1.807) is 25.1 Å². The molecule has 1 fully saturated rings. The number of aliphatic imine (C=N–C) groups is 1. The molecule has 7 heteroatoms. The van der Waals surface area contributed by atoms with Crippen LogP contribution in [0.1, 0.15) is 47.4 Å². The Morgan fingerprint density at radius 1 is 1.42 bits per heavy atom. The SMILES string of the molecule is CC#CCOc1cnc(C(=O)Cc2ccc(F)c([C@@]3(C)N=C(N)O[C@@H]4C[C@@H]43)c2)c(C)c1. The number of fused-ring (bicyclic) bond motifs is 1.